The minimum Gasteiger partial charge on any atom is -0.361 e. The van der Waals surface area contributed by atoms with Gasteiger partial charge in [0, 0.05) is 29.7 Å². The van der Waals surface area contributed by atoms with Gasteiger partial charge in [0.25, 0.3) is 0 Å². The molecule has 1 atom stereocenters. The molecular weight excluding hydrogens is 210 g/mol. The summed E-state index contributed by atoms with van der Waals surface area (Å²) in [5.74, 6) is 0. The van der Waals surface area contributed by atoms with E-state index in [-0.39, 0.29) is 6.04 Å². The summed E-state index contributed by atoms with van der Waals surface area (Å²) in [6.07, 6.45) is 3.51. The lowest BCUT2D eigenvalue weighted by atomic mass is 10.1. The Bertz CT molecular complexity index is 521. The van der Waals surface area contributed by atoms with E-state index in [4.69, 9.17) is 5.26 Å². The molecule has 3 heteroatoms. The van der Waals surface area contributed by atoms with Gasteiger partial charge in [-0.15, -0.1) is 0 Å². The Morgan fingerprint density at radius 2 is 2.29 bits per heavy atom. The number of aromatic amines is 1. The van der Waals surface area contributed by atoms with Gasteiger partial charge in [-0.05, 0) is 24.1 Å². The van der Waals surface area contributed by atoms with Gasteiger partial charge in [0.2, 0.25) is 0 Å². The van der Waals surface area contributed by atoms with E-state index in [1.807, 2.05) is 6.20 Å². The highest BCUT2D eigenvalue weighted by molar-refractivity contribution is 5.82. The van der Waals surface area contributed by atoms with Crippen molar-refractivity contribution in [3.05, 3.63) is 36.0 Å². The summed E-state index contributed by atoms with van der Waals surface area (Å²) in [5.41, 5.74) is 2.44. The summed E-state index contributed by atoms with van der Waals surface area (Å²) >= 11 is 0. The van der Waals surface area contributed by atoms with Crippen LogP contribution in [-0.4, -0.2) is 11.0 Å². The average Bonchev–Trinajstić information content (AvgIpc) is 2.83. The van der Waals surface area contributed by atoms with Crippen molar-refractivity contribution in [2.45, 2.75) is 32.4 Å². The van der Waals surface area contributed by atoms with Crippen LogP contribution in [0.15, 0.2) is 30.5 Å². The number of rotatable bonds is 5. The van der Waals surface area contributed by atoms with Crippen LogP contribution in [-0.2, 0) is 6.54 Å². The van der Waals surface area contributed by atoms with Crippen LogP contribution in [0.5, 0.6) is 0 Å². The van der Waals surface area contributed by atoms with Crippen LogP contribution in [0.2, 0.25) is 0 Å². The number of hydrogen-bond donors (Lipinski definition) is 2. The van der Waals surface area contributed by atoms with Crippen molar-refractivity contribution in [1.29, 1.82) is 5.26 Å². The number of nitriles is 1. The second-order valence-electron chi connectivity index (χ2n) is 4.20. The molecule has 1 unspecified atom stereocenters. The predicted molar refractivity (Wildman–Crippen MR) is 69.4 cm³/mol. The molecule has 0 aliphatic heterocycles. The molecule has 0 saturated heterocycles. The second kappa shape index (κ2) is 5.51. The van der Waals surface area contributed by atoms with Gasteiger partial charge in [-0.1, -0.05) is 19.1 Å². The molecule has 0 saturated carbocycles. The Morgan fingerprint density at radius 3 is 3.06 bits per heavy atom. The molecule has 17 heavy (non-hydrogen) atoms. The van der Waals surface area contributed by atoms with Crippen LogP contribution in [0.25, 0.3) is 10.9 Å². The maximum Gasteiger partial charge on any atom is 0.0638 e. The molecule has 0 aliphatic rings. The van der Waals surface area contributed by atoms with Crippen molar-refractivity contribution in [2.75, 3.05) is 0 Å². The van der Waals surface area contributed by atoms with Gasteiger partial charge >= 0.3 is 0 Å². The molecule has 2 N–H and O–H groups in total. The molecule has 2 rings (SSSR count). The zero-order valence-electron chi connectivity index (χ0n) is 10.0. The summed E-state index contributed by atoms with van der Waals surface area (Å²) in [5, 5.41) is 13.4. The molecule has 0 bridgehead atoms. The molecule has 0 amide bonds. The highest BCUT2D eigenvalue weighted by Gasteiger charge is 2.06. The van der Waals surface area contributed by atoms with Crippen LogP contribution in [0.1, 0.15) is 25.3 Å². The Labute approximate surface area is 101 Å². The first-order valence-corrected chi connectivity index (χ1v) is 6.00. The molecule has 88 valence electrons. The SMILES string of the molecule is CCC(CC#N)NCc1cccc2[nH]ccc12. The Balaban J connectivity index is 2.08. The first kappa shape index (κ1) is 11.7. The molecule has 0 aliphatic carbocycles. The van der Waals surface area contributed by atoms with Gasteiger partial charge < -0.3 is 10.3 Å². The Hall–Kier alpha value is -1.79. The zero-order chi connectivity index (χ0) is 12.1. The summed E-state index contributed by atoms with van der Waals surface area (Å²) in [4.78, 5) is 3.21. The molecule has 0 spiro atoms. The van der Waals surface area contributed by atoms with Crippen molar-refractivity contribution >= 4 is 10.9 Å². The van der Waals surface area contributed by atoms with Crippen LogP contribution in [0.4, 0.5) is 0 Å². The topological polar surface area (TPSA) is 51.6 Å². The Kier molecular flexibility index (Phi) is 3.79. The lowest BCUT2D eigenvalue weighted by Crippen LogP contribution is -2.27. The predicted octanol–water partition coefficient (Wildman–Crippen LogP) is 2.95. The number of nitrogens with one attached hydrogen (secondary N) is 2. The third-order valence-corrected chi connectivity index (χ3v) is 3.10. The van der Waals surface area contributed by atoms with Crippen molar-refractivity contribution in [3.63, 3.8) is 0 Å². The fraction of sp³-hybridized carbons (Fsp3) is 0.357. The number of aromatic nitrogens is 1. The van der Waals surface area contributed by atoms with Gasteiger partial charge in [-0.3, -0.25) is 0 Å². The van der Waals surface area contributed by atoms with E-state index in [0.717, 1.165) is 18.5 Å². The maximum absolute atomic E-state index is 8.71. The van der Waals surface area contributed by atoms with Gasteiger partial charge in [-0.2, -0.15) is 5.26 Å². The molecule has 2 aromatic rings. The summed E-state index contributed by atoms with van der Waals surface area (Å²) < 4.78 is 0. The molecule has 3 nitrogen and oxygen atoms in total. The first-order chi connectivity index (χ1) is 8.35. The van der Waals surface area contributed by atoms with E-state index in [2.05, 4.69) is 47.6 Å². The van der Waals surface area contributed by atoms with Gasteiger partial charge in [0.15, 0.2) is 0 Å². The largest absolute Gasteiger partial charge is 0.361 e. The van der Waals surface area contributed by atoms with E-state index >= 15 is 0 Å². The lowest BCUT2D eigenvalue weighted by Gasteiger charge is -2.13. The summed E-state index contributed by atoms with van der Waals surface area (Å²) in [6.45, 7) is 2.92. The number of H-pyrrole nitrogens is 1. The standard InChI is InChI=1S/C14H17N3/c1-2-12(6-8-15)17-10-11-4-3-5-14-13(11)7-9-16-14/h3-5,7,9,12,16-17H,2,6,10H2,1H3. The number of fused-ring (bicyclic) bond motifs is 1. The normalized spacial score (nSPS) is 12.5. The smallest absolute Gasteiger partial charge is 0.0638 e. The first-order valence-electron chi connectivity index (χ1n) is 6.00. The van der Waals surface area contributed by atoms with Crippen LogP contribution in [0.3, 0.4) is 0 Å². The average molecular weight is 227 g/mol. The van der Waals surface area contributed by atoms with Crippen molar-refractivity contribution in [1.82, 2.24) is 10.3 Å². The third kappa shape index (κ3) is 2.66. The highest BCUT2D eigenvalue weighted by atomic mass is 14.9. The minimum atomic E-state index is 0.286. The van der Waals surface area contributed by atoms with Crippen molar-refractivity contribution in [3.8, 4) is 6.07 Å². The van der Waals surface area contributed by atoms with Crippen molar-refractivity contribution in [2.24, 2.45) is 0 Å². The molecule has 0 fully saturated rings. The molecule has 1 aromatic carbocycles. The summed E-state index contributed by atoms with van der Waals surface area (Å²) in [7, 11) is 0. The fourth-order valence-electron chi connectivity index (χ4n) is 2.03. The Morgan fingerprint density at radius 1 is 1.41 bits per heavy atom. The highest BCUT2D eigenvalue weighted by Crippen LogP contribution is 2.17. The number of nitrogens with zero attached hydrogens (tertiary/aromatic N) is 1. The molecular formula is C14H17N3. The minimum absolute atomic E-state index is 0.286. The quantitative estimate of drug-likeness (QED) is 0.825. The molecule has 1 heterocycles. The lowest BCUT2D eigenvalue weighted by molar-refractivity contribution is 0.506. The van der Waals surface area contributed by atoms with E-state index in [0.29, 0.717) is 6.42 Å². The summed E-state index contributed by atoms with van der Waals surface area (Å²) in [6, 6.07) is 10.9. The van der Waals surface area contributed by atoms with E-state index < -0.39 is 0 Å². The van der Waals surface area contributed by atoms with E-state index in [1.165, 1.54) is 10.9 Å². The fourth-order valence-corrected chi connectivity index (χ4v) is 2.03. The van der Waals surface area contributed by atoms with E-state index in [9.17, 15) is 0 Å². The second-order valence-corrected chi connectivity index (χ2v) is 4.20. The number of benzene rings is 1. The monoisotopic (exact) mass is 227 g/mol. The molecule has 0 radical (unpaired) electrons. The van der Waals surface area contributed by atoms with Crippen LogP contribution >= 0.6 is 0 Å². The van der Waals surface area contributed by atoms with Crippen LogP contribution < -0.4 is 5.32 Å². The maximum atomic E-state index is 8.71. The van der Waals surface area contributed by atoms with E-state index in [1.54, 1.807) is 0 Å². The van der Waals surface area contributed by atoms with Gasteiger partial charge in [0.05, 0.1) is 12.5 Å². The molecule has 1 aromatic heterocycles. The van der Waals surface area contributed by atoms with Crippen LogP contribution in [0, 0.1) is 11.3 Å². The van der Waals surface area contributed by atoms with Gasteiger partial charge in [0.1, 0.15) is 0 Å². The zero-order valence-corrected chi connectivity index (χ0v) is 10.0. The number of hydrogen-bond acceptors (Lipinski definition) is 2. The van der Waals surface area contributed by atoms with Crippen molar-refractivity contribution < 1.29 is 0 Å². The third-order valence-electron chi connectivity index (χ3n) is 3.10. The van der Waals surface area contributed by atoms with Gasteiger partial charge in [-0.25, -0.2) is 0 Å².